The van der Waals surface area contributed by atoms with Gasteiger partial charge in [-0.25, -0.2) is 0 Å². The van der Waals surface area contributed by atoms with Crippen molar-refractivity contribution in [3.05, 3.63) is 0 Å². The molecular weight excluding hydrogens is 214 g/mol. The molecule has 5 heavy (non-hydrogen) atoms. The van der Waals surface area contributed by atoms with E-state index in [1.54, 1.807) is 0 Å². The fourth-order valence-electron chi connectivity index (χ4n) is 0. The summed E-state index contributed by atoms with van der Waals surface area (Å²) in [5.41, 5.74) is 0. The van der Waals surface area contributed by atoms with Gasteiger partial charge in [0.25, 0.3) is 0 Å². The normalized spacial score (nSPS) is 0. The Morgan fingerprint density at radius 3 is 1.00 bits per heavy atom. The molecule has 0 saturated heterocycles. The standard InChI is InChI=1S/Ca.Fe.K.Mg.Mn. The van der Waals surface area contributed by atoms with Gasteiger partial charge < -0.3 is 0 Å². The minimum atomic E-state index is 0. The van der Waals surface area contributed by atoms with Gasteiger partial charge >= 0.3 is 0 Å². The zero-order valence-electron chi connectivity index (χ0n) is 3.15. The molecule has 0 N–H and O–H groups in total. The molecule has 0 heterocycles. The predicted molar refractivity (Wildman–Crippen MR) is 17.3 cm³/mol. The van der Waals surface area contributed by atoms with Crippen LogP contribution in [0.1, 0.15) is 0 Å². The van der Waals surface area contributed by atoms with Gasteiger partial charge in [-0.1, -0.05) is 0 Å². The Balaban J connectivity index is 0. The molecule has 0 fully saturated rings. The fourth-order valence-corrected chi connectivity index (χ4v) is 0. The maximum absolute atomic E-state index is 0. The minimum absolute atomic E-state index is 0. The van der Waals surface area contributed by atoms with Crippen molar-refractivity contribution in [2.75, 3.05) is 0 Å². The van der Waals surface area contributed by atoms with Gasteiger partial charge in [-0.05, 0) is 0 Å². The first kappa shape index (κ1) is 33.2. The first-order valence-electron chi connectivity index (χ1n) is 0. The molecule has 0 bridgehead atoms. The Labute approximate surface area is 142 Å². The van der Waals surface area contributed by atoms with Crippen LogP contribution >= 0.6 is 0 Å². The van der Waals surface area contributed by atoms with Gasteiger partial charge in [0.15, 0.2) is 0 Å². The second kappa shape index (κ2) is 23.3. The Kier molecular flexibility index (Phi) is 155. The summed E-state index contributed by atoms with van der Waals surface area (Å²) in [5, 5.41) is 0. The summed E-state index contributed by atoms with van der Waals surface area (Å²) in [6.07, 6.45) is 0. The van der Waals surface area contributed by atoms with Gasteiger partial charge in [-0.2, -0.15) is 0 Å². The van der Waals surface area contributed by atoms with E-state index in [0.717, 1.165) is 0 Å². The first-order valence-corrected chi connectivity index (χ1v) is 0. The summed E-state index contributed by atoms with van der Waals surface area (Å²) in [7, 11) is 0. The van der Waals surface area contributed by atoms with Crippen molar-refractivity contribution in [2.45, 2.75) is 0 Å². The number of rotatable bonds is 0. The van der Waals surface area contributed by atoms with E-state index in [1.807, 2.05) is 0 Å². The van der Waals surface area contributed by atoms with Crippen LogP contribution in [-0.2, 0) is 34.1 Å². The third-order valence-corrected chi connectivity index (χ3v) is 0. The summed E-state index contributed by atoms with van der Waals surface area (Å²) in [6, 6.07) is 0. The van der Waals surface area contributed by atoms with Crippen LogP contribution in [0.3, 0.4) is 0 Å². The molecule has 0 nitrogen and oxygen atoms in total. The van der Waals surface area contributed by atoms with E-state index >= 15 is 0 Å². The smallest absolute Gasteiger partial charge is 0 e. The molecule has 0 aromatic carbocycles. The molecule has 0 aliphatic carbocycles. The van der Waals surface area contributed by atoms with Crippen molar-refractivity contribution >= 4 is 112 Å². The number of hydrogen-bond acceptors (Lipinski definition) is 0. The molecule has 6 radical (unpaired) electrons. The summed E-state index contributed by atoms with van der Waals surface area (Å²) in [6.45, 7) is 0. The van der Waals surface area contributed by atoms with Crippen LogP contribution < -0.4 is 0 Å². The molecule has 0 spiro atoms. The summed E-state index contributed by atoms with van der Waals surface area (Å²) in [4.78, 5) is 0. The Morgan fingerprint density at radius 2 is 1.00 bits per heavy atom. The van der Waals surface area contributed by atoms with Crippen LogP contribution in [0.4, 0.5) is 0 Å². The molecule has 0 rings (SSSR count). The maximum Gasteiger partial charge on any atom is 0 e. The molecule has 20 valence electrons. The topological polar surface area (TPSA) is 0 Å². The molecule has 0 aliphatic heterocycles. The SMILES string of the molecule is [Ca].[Fe].[K].[Mg].[Mn]. The Hall–Kier alpha value is 4.70. The molecule has 0 aromatic heterocycles. The molecule has 0 atom stereocenters. The zero-order valence-corrected chi connectivity index (χ0v) is 12.2. The van der Waals surface area contributed by atoms with E-state index in [-0.39, 0.29) is 146 Å². The second-order valence-corrected chi connectivity index (χ2v) is 0. The van der Waals surface area contributed by atoms with Crippen molar-refractivity contribution in [1.82, 2.24) is 0 Å². The monoisotopic (exact) mass is 214 g/mol. The maximum atomic E-state index is 0. The quantitative estimate of drug-likeness (QED) is 0.447. The van der Waals surface area contributed by atoms with Gasteiger partial charge in [-0.3, -0.25) is 0 Å². The molecule has 0 amide bonds. The van der Waals surface area contributed by atoms with Gasteiger partial charge in [0.05, 0.1) is 0 Å². The van der Waals surface area contributed by atoms with Crippen molar-refractivity contribution in [3.63, 3.8) is 0 Å². The van der Waals surface area contributed by atoms with Crippen LogP contribution in [0, 0.1) is 0 Å². The molecule has 0 aliphatic rings. The third-order valence-electron chi connectivity index (χ3n) is 0. The van der Waals surface area contributed by atoms with E-state index in [9.17, 15) is 0 Å². The summed E-state index contributed by atoms with van der Waals surface area (Å²) in [5.74, 6) is 0. The van der Waals surface area contributed by atoms with Gasteiger partial charge in [0, 0.05) is 146 Å². The Morgan fingerprint density at radius 1 is 1.00 bits per heavy atom. The average molecular weight is 214 g/mol. The molecule has 0 unspecified atom stereocenters. The molecular formula is CaFeKMgMn. The van der Waals surface area contributed by atoms with E-state index < -0.39 is 0 Å². The van der Waals surface area contributed by atoms with E-state index in [4.69, 9.17) is 0 Å². The van der Waals surface area contributed by atoms with Crippen molar-refractivity contribution in [2.24, 2.45) is 0 Å². The van der Waals surface area contributed by atoms with Gasteiger partial charge in [-0.15, -0.1) is 0 Å². The van der Waals surface area contributed by atoms with Crippen molar-refractivity contribution in [1.29, 1.82) is 0 Å². The van der Waals surface area contributed by atoms with Crippen LogP contribution in [0.15, 0.2) is 0 Å². The third kappa shape index (κ3) is 17.7. The Bertz CT molecular complexity index is 11.6. The fraction of sp³-hybridized carbons (Fsp3) is 0. The van der Waals surface area contributed by atoms with Crippen LogP contribution in [0.2, 0.25) is 0 Å². The van der Waals surface area contributed by atoms with Gasteiger partial charge in [0.1, 0.15) is 0 Å². The first-order chi connectivity index (χ1) is 0. The van der Waals surface area contributed by atoms with Crippen molar-refractivity contribution in [3.8, 4) is 0 Å². The van der Waals surface area contributed by atoms with Crippen LogP contribution in [0.25, 0.3) is 0 Å². The zero-order chi connectivity index (χ0) is 0. The molecule has 0 aromatic rings. The van der Waals surface area contributed by atoms with Crippen LogP contribution in [-0.4, -0.2) is 112 Å². The van der Waals surface area contributed by atoms with Crippen molar-refractivity contribution < 1.29 is 34.1 Å². The summed E-state index contributed by atoms with van der Waals surface area (Å²) >= 11 is 0. The summed E-state index contributed by atoms with van der Waals surface area (Å²) < 4.78 is 0. The van der Waals surface area contributed by atoms with E-state index in [0.29, 0.717) is 0 Å². The van der Waals surface area contributed by atoms with E-state index in [2.05, 4.69) is 0 Å². The molecule has 0 saturated carbocycles. The largest absolute Gasteiger partial charge is 0 e. The van der Waals surface area contributed by atoms with E-state index in [1.165, 1.54) is 0 Å². The van der Waals surface area contributed by atoms with Gasteiger partial charge in [0.2, 0.25) is 0 Å². The van der Waals surface area contributed by atoms with Crippen LogP contribution in [0.5, 0.6) is 0 Å². The number of hydrogen-bond donors (Lipinski definition) is 0. The predicted octanol–water partition coefficient (Wildman–Crippen LogP) is -1.15. The second-order valence-electron chi connectivity index (χ2n) is 0. The minimum Gasteiger partial charge on any atom is 0 e. The average Bonchev–Trinajstić information content (AvgIpc) is 0. The molecule has 5 heteroatoms.